The fraction of sp³-hybridized carbons (Fsp3) is 0.385. The lowest BCUT2D eigenvalue weighted by Gasteiger charge is -2.03. The zero-order valence-electron chi connectivity index (χ0n) is 10.8. The molecule has 1 aromatic carbocycles. The summed E-state index contributed by atoms with van der Waals surface area (Å²) in [5, 5.41) is 3.85. The van der Waals surface area contributed by atoms with Crippen LogP contribution < -0.4 is 10.5 Å². The second-order valence-corrected chi connectivity index (χ2v) is 4.02. The molecule has 0 saturated heterocycles. The number of hydrogen-bond acceptors (Lipinski definition) is 6. The van der Waals surface area contributed by atoms with Gasteiger partial charge < -0.3 is 19.7 Å². The van der Waals surface area contributed by atoms with Gasteiger partial charge in [0.25, 0.3) is 0 Å². The van der Waals surface area contributed by atoms with Crippen molar-refractivity contribution in [3.05, 3.63) is 42.0 Å². The second kappa shape index (κ2) is 6.86. The predicted molar refractivity (Wildman–Crippen MR) is 68.7 cm³/mol. The van der Waals surface area contributed by atoms with E-state index in [0.29, 0.717) is 31.3 Å². The van der Waals surface area contributed by atoms with E-state index in [1.54, 1.807) is 7.11 Å². The summed E-state index contributed by atoms with van der Waals surface area (Å²) in [5.74, 6) is 1.79. The molecule has 1 aromatic heterocycles. The first kappa shape index (κ1) is 13.5. The van der Waals surface area contributed by atoms with E-state index in [-0.39, 0.29) is 6.04 Å². The Bertz CT molecular complexity index is 487. The summed E-state index contributed by atoms with van der Waals surface area (Å²) in [5.41, 5.74) is 5.79. The molecule has 0 radical (unpaired) electrons. The topological polar surface area (TPSA) is 83.4 Å². The second-order valence-electron chi connectivity index (χ2n) is 4.02. The molecule has 2 N–H and O–H groups in total. The van der Waals surface area contributed by atoms with Crippen LogP contribution >= 0.6 is 0 Å². The van der Waals surface area contributed by atoms with Crippen molar-refractivity contribution in [2.45, 2.75) is 12.5 Å². The normalized spacial score (nSPS) is 12.3. The lowest BCUT2D eigenvalue weighted by Crippen LogP contribution is -2.16. The van der Waals surface area contributed by atoms with Crippen molar-refractivity contribution in [2.75, 3.05) is 20.3 Å². The highest BCUT2D eigenvalue weighted by Crippen LogP contribution is 2.10. The maximum absolute atomic E-state index is 5.79. The molecule has 1 atom stereocenters. The van der Waals surface area contributed by atoms with Crippen LogP contribution in [0.3, 0.4) is 0 Å². The Balaban J connectivity index is 1.80. The molecule has 6 nitrogen and oxygen atoms in total. The number of benzene rings is 1. The average molecular weight is 263 g/mol. The van der Waals surface area contributed by atoms with Gasteiger partial charge in [-0.15, -0.1) is 0 Å². The number of rotatable bonds is 7. The van der Waals surface area contributed by atoms with Gasteiger partial charge in [-0.05, 0) is 12.1 Å². The van der Waals surface area contributed by atoms with E-state index in [9.17, 15) is 0 Å². The fourth-order valence-corrected chi connectivity index (χ4v) is 1.55. The number of hydrogen-bond donors (Lipinski definition) is 1. The van der Waals surface area contributed by atoms with Crippen molar-refractivity contribution in [2.24, 2.45) is 5.73 Å². The first-order valence-corrected chi connectivity index (χ1v) is 6.04. The summed E-state index contributed by atoms with van der Waals surface area (Å²) < 4.78 is 15.5. The molecular formula is C13H17N3O3. The lowest BCUT2D eigenvalue weighted by molar-refractivity contribution is 0.166. The lowest BCUT2D eigenvalue weighted by atomic mass is 10.3. The molecule has 0 saturated carbocycles. The maximum atomic E-state index is 5.79. The monoisotopic (exact) mass is 263 g/mol. The van der Waals surface area contributed by atoms with Gasteiger partial charge in [0, 0.05) is 13.5 Å². The standard InChI is InChI=1S/C13H17N3O3/c1-17-9-11(14)13-15-12(16-19-13)7-8-18-10-5-3-2-4-6-10/h2-6,11H,7-9,14H2,1H3. The quantitative estimate of drug-likeness (QED) is 0.811. The average Bonchev–Trinajstić information content (AvgIpc) is 2.89. The highest BCUT2D eigenvalue weighted by atomic mass is 16.5. The Morgan fingerprint density at radius 1 is 1.32 bits per heavy atom. The van der Waals surface area contributed by atoms with Gasteiger partial charge in [-0.1, -0.05) is 23.4 Å². The summed E-state index contributed by atoms with van der Waals surface area (Å²) in [6.45, 7) is 0.838. The minimum absolute atomic E-state index is 0.349. The molecule has 1 unspecified atom stereocenters. The minimum atomic E-state index is -0.388. The largest absolute Gasteiger partial charge is 0.493 e. The molecular weight excluding hydrogens is 246 g/mol. The third-order valence-electron chi connectivity index (χ3n) is 2.48. The van der Waals surface area contributed by atoms with E-state index in [1.165, 1.54) is 0 Å². The molecule has 0 aliphatic carbocycles. The van der Waals surface area contributed by atoms with E-state index in [0.717, 1.165) is 5.75 Å². The van der Waals surface area contributed by atoms with Gasteiger partial charge >= 0.3 is 0 Å². The molecule has 0 bridgehead atoms. The van der Waals surface area contributed by atoms with E-state index >= 15 is 0 Å². The highest BCUT2D eigenvalue weighted by Gasteiger charge is 2.14. The third-order valence-corrected chi connectivity index (χ3v) is 2.48. The Labute approximate surface area is 111 Å². The zero-order chi connectivity index (χ0) is 13.5. The van der Waals surface area contributed by atoms with Crippen LogP contribution in [0.15, 0.2) is 34.9 Å². The first-order valence-electron chi connectivity index (χ1n) is 6.04. The number of nitrogens with two attached hydrogens (primary N) is 1. The number of nitrogens with zero attached hydrogens (tertiary/aromatic N) is 2. The Kier molecular flexibility index (Phi) is 4.88. The third kappa shape index (κ3) is 4.04. The van der Waals surface area contributed by atoms with Crippen LogP contribution in [-0.2, 0) is 11.2 Å². The molecule has 0 fully saturated rings. The summed E-state index contributed by atoms with van der Waals surface area (Å²) in [7, 11) is 1.57. The van der Waals surface area contributed by atoms with Crippen molar-refractivity contribution >= 4 is 0 Å². The van der Waals surface area contributed by atoms with Crippen LogP contribution in [-0.4, -0.2) is 30.5 Å². The molecule has 0 aliphatic heterocycles. The molecule has 0 spiro atoms. The van der Waals surface area contributed by atoms with Crippen molar-refractivity contribution < 1.29 is 14.0 Å². The van der Waals surface area contributed by atoms with E-state index in [2.05, 4.69) is 10.1 Å². The molecule has 102 valence electrons. The van der Waals surface area contributed by atoms with Gasteiger partial charge in [0.2, 0.25) is 5.89 Å². The molecule has 0 amide bonds. The molecule has 6 heteroatoms. The van der Waals surface area contributed by atoms with Gasteiger partial charge in [-0.2, -0.15) is 4.98 Å². The van der Waals surface area contributed by atoms with Crippen LogP contribution in [0.25, 0.3) is 0 Å². The van der Waals surface area contributed by atoms with Crippen molar-refractivity contribution in [1.82, 2.24) is 10.1 Å². The van der Waals surface area contributed by atoms with Gasteiger partial charge in [-0.3, -0.25) is 0 Å². The summed E-state index contributed by atoms with van der Waals surface area (Å²) in [6.07, 6.45) is 0.568. The Hall–Kier alpha value is -1.92. The summed E-state index contributed by atoms with van der Waals surface area (Å²) in [4.78, 5) is 4.20. The van der Waals surface area contributed by atoms with E-state index < -0.39 is 0 Å². The van der Waals surface area contributed by atoms with Crippen LogP contribution in [0.1, 0.15) is 17.8 Å². The van der Waals surface area contributed by atoms with Gasteiger partial charge in [0.05, 0.1) is 13.2 Å². The summed E-state index contributed by atoms with van der Waals surface area (Å²) >= 11 is 0. The molecule has 19 heavy (non-hydrogen) atoms. The maximum Gasteiger partial charge on any atom is 0.245 e. The van der Waals surface area contributed by atoms with Crippen LogP contribution in [0.2, 0.25) is 0 Å². The first-order chi connectivity index (χ1) is 9.29. The van der Waals surface area contributed by atoms with Gasteiger partial charge in [0.15, 0.2) is 5.82 Å². The summed E-state index contributed by atoms with van der Waals surface area (Å²) in [6, 6.07) is 9.19. The molecule has 0 aliphatic rings. The Morgan fingerprint density at radius 2 is 2.11 bits per heavy atom. The van der Waals surface area contributed by atoms with E-state index in [1.807, 2.05) is 30.3 Å². The zero-order valence-corrected chi connectivity index (χ0v) is 10.8. The SMILES string of the molecule is COCC(N)c1nc(CCOc2ccccc2)no1. The van der Waals surface area contributed by atoms with Crippen LogP contribution in [0.5, 0.6) is 5.75 Å². The number of aromatic nitrogens is 2. The van der Waals surface area contributed by atoms with Crippen molar-refractivity contribution in [3.63, 3.8) is 0 Å². The van der Waals surface area contributed by atoms with Crippen molar-refractivity contribution in [3.8, 4) is 5.75 Å². The van der Waals surface area contributed by atoms with Crippen LogP contribution in [0.4, 0.5) is 0 Å². The number of ether oxygens (including phenoxy) is 2. The highest BCUT2D eigenvalue weighted by molar-refractivity contribution is 5.20. The van der Waals surface area contributed by atoms with Crippen molar-refractivity contribution in [1.29, 1.82) is 0 Å². The van der Waals surface area contributed by atoms with Crippen LogP contribution in [0, 0.1) is 0 Å². The van der Waals surface area contributed by atoms with E-state index in [4.69, 9.17) is 19.7 Å². The fourth-order valence-electron chi connectivity index (χ4n) is 1.55. The molecule has 2 rings (SSSR count). The smallest absolute Gasteiger partial charge is 0.245 e. The molecule has 1 heterocycles. The number of methoxy groups -OCH3 is 1. The predicted octanol–water partition coefficient (Wildman–Crippen LogP) is 1.34. The Morgan fingerprint density at radius 3 is 2.84 bits per heavy atom. The molecule has 2 aromatic rings. The number of para-hydroxylation sites is 1. The van der Waals surface area contributed by atoms with Gasteiger partial charge in [-0.25, -0.2) is 0 Å². The minimum Gasteiger partial charge on any atom is -0.493 e. The van der Waals surface area contributed by atoms with Gasteiger partial charge in [0.1, 0.15) is 11.8 Å².